The summed E-state index contributed by atoms with van der Waals surface area (Å²) < 4.78 is 5.55. The normalized spacial score (nSPS) is 10.9. The third-order valence-electron chi connectivity index (χ3n) is 2.97. The molecular weight excluding hydrogens is 266 g/mol. The number of hydrogen-bond acceptors (Lipinski definition) is 3. The number of nitrogens with one attached hydrogen (secondary N) is 1. The highest BCUT2D eigenvalue weighted by atomic mass is 35.5. The number of fused-ring (bicyclic) bond motifs is 1. The van der Waals surface area contributed by atoms with Gasteiger partial charge in [-0.15, -0.1) is 0 Å². The van der Waals surface area contributed by atoms with Crippen LogP contribution in [0.1, 0.15) is 29.0 Å². The minimum Gasteiger partial charge on any atom is -0.451 e. The Morgan fingerprint density at radius 1 is 1.42 bits per heavy atom. The van der Waals surface area contributed by atoms with Gasteiger partial charge in [-0.05, 0) is 38.0 Å². The molecule has 0 bridgehead atoms. The predicted molar refractivity (Wildman–Crippen MR) is 74.6 cm³/mol. The molecule has 0 radical (unpaired) electrons. The topological polar surface area (TPSA) is 62.5 Å². The Morgan fingerprint density at radius 3 is 2.95 bits per heavy atom. The second kappa shape index (κ2) is 6.08. The molecule has 0 fully saturated rings. The van der Waals surface area contributed by atoms with Crippen molar-refractivity contribution in [3.8, 4) is 0 Å². The first kappa shape index (κ1) is 13.9. The molecule has 19 heavy (non-hydrogen) atoms. The summed E-state index contributed by atoms with van der Waals surface area (Å²) in [6.07, 6.45) is 1.42. The van der Waals surface area contributed by atoms with Crippen LogP contribution >= 0.6 is 11.6 Å². The van der Waals surface area contributed by atoms with Crippen molar-refractivity contribution in [1.82, 2.24) is 5.32 Å². The summed E-state index contributed by atoms with van der Waals surface area (Å²) >= 11 is 5.93. The summed E-state index contributed by atoms with van der Waals surface area (Å²) in [6.45, 7) is 2.50. The number of amides is 1. The predicted octanol–water partition coefficient (Wildman–Crippen LogP) is 2.90. The fourth-order valence-electron chi connectivity index (χ4n) is 1.93. The van der Waals surface area contributed by atoms with Crippen LogP contribution < -0.4 is 5.32 Å². The minimum atomic E-state index is -0.234. The molecule has 1 aromatic heterocycles. The van der Waals surface area contributed by atoms with E-state index >= 15 is 0 Å². The van der Waals surface area contributed by atoms with E-state index in [1.54, 1.807) is 18.2 Å². The lowest BCUT2D eigenvalue weighted by molar-refractivity contribution is 0.0925. The van der Waals surface area contributed by atoms with Crippen LogP contribution in [0.25, 0.3) is 11.0 Å². The number of aliphatic hydroxyl groups excluding tert-OH is 1. The van der Waals surface area contributed by atoms with E-state index in [2.05, 4.69) is 5.32 Å². The highest BCUT2D eigenvalue weighted by Gasteiger charge is 2.17. The molecule has 2 N–H and O–H groups in total. The summed E-state index contributed by atoms with van der Waals surface area (Å²) in [7, 11) is 0. The molecule has 0 atom stereocenters. The molecule has 0 aliphatic heterocycles. The van der Waals surface area contributed by atoms with Gasteiger partial charge >= 0.3 is 0 Å². The lowest BCUT2D eigenvalue weighted by atomic mass is 10.1. The van der Waals surface area contributed by atoms with Crippen molar-refractivity contribution in [2.45, 2.75) is 19.8 Å². The third kappa shape index (κ3) is 3.08. The van der Waals surface area contributed by atoms with Crippen molar-refractivity contribution in [3.63, 3.8) is 0 Å². The summed E-state index contributed by atoms with van der Waals surface area (Å²) in [5.74, 6) is 0.0871. The van der Waals surface area contributed by atoms with E-state index in [0.29, 0.717) is 29.3 Å². The number of aryl methyl sites for hydroxylation is 1. The molecule has 0 saturated heterocycles. The lowest BCUT2D eigenvalue weighted by Crippen LogP contribution is -2.24. The summed E-state index contributed by atoms with van der Waals surface area (Å²) in [4.78, 5) is 12.0. The molecule has 5 heteroatoms. The molecule has 0 saturated carbocycles. The molecule has 1 aromatic carbocycles. The fraction of sp³-hybridized carbons (Fsp3) is 0.357. The van der Waals surface area contributed by atoms with Crippen LogP contribution in [0.4, 0.5) is 0 Å². The Hall–Kier alpha value is -1.52. The van der Waals surface area contributed by atoms with Gasteiger partial charge in [0, 0.05) is 29.1 Å². The van der Waals surface area contributed by atoms with Crippen LogP contribution in [0.5, 0.6) is 0 Å². The Kier molecular flexibility index (Phi) is 4.45. The number of aliphatic hydroxyl groups is 1. The molecule has 0 unspecified atom stereocenters. The van der Waals surface area contributed by atoms with Crippen LogP contribution in [0.15, 0.2) is 22.6 Å². The van der Waals surface area contributed by atoms with Crippen molar-refractivity contribution in [2.75, 3.05) is 13.2 Å². The lowest BCUT2D eigenvalue weighted by Gasteiger charge is -2.02. The van der Waals surface area contributed by atoms with E-state index in [4.69, 9.17) is 21.1 Å². The molecule has 2 aromatic rings. The monoisotopic (exact) mass is 281 g/mol. The van der Waals surface area contributed by atoms with Gasteiger partial charge in [0.2, 0.25) is 0 Å². The first-order valence-corrected chi connectivity index (χ1v) is 6.59. The van der Waals surface area contributed by atoms with Gasteiger partial charge in [-0.2, -0.15) is 0 Å². The van der Waals surface area contributed by atoms with Crippen molar-refractivity contribution >= 4 is 28.5 Å². The van der Waals surface area contributed by atoms with Gasteiger partial charge in [0.1, 0.15) is 5.58 Å². The molecule has 1 amide bonds. The number of rotatable bonds is 5. The van der Waals surface area contributed by atoms with E-state index in [0.717, 1.165) is 17.4 Å². The number of hydrogen-bond donors (Lipinski definition) is 2. The smallest absolute Gasteiger partial charge is 0.287 e. The van der Waals surface area contributed by atoms with Gasteiger partial charge in [-0.25, -0.2) is 0 Å². The number of carbonyl (C=O) groups is 1. The number of carbonyl (C=O) groups excluding carboxylic acids is 1. The van der Waals surface area contributed by atoms with Gasteiger partial charge in [0.15, 0.2) is 5.76 Å². The number of benzene rings is 1. The average Bonchev–Trinajstić information content (AvgIpc) is 2.72. The van der Waals surface area contributed by atoms with Gasteiger partial charge in [-0.1, -0.05) is 11.6 Å². The molecule has 0 aliphatic carbocycles. The maximum Gasteiger partial charge on any atom is 0.287 e. The van der Waals surface area contributed by atoms with E-state index < -0.39 is 0 Å². The molecule has 1 heterocycles. The van der Waals surface area contributed by atoms with E-state index in [1.807, 2.05) is 6.92 Å². The van der Waals surface area contributed by atoms with E-state index in [1.165, 1.54) is 0 Å². The van der Waals surface area contributed by atoms with Crippen LogP contribution in [0.2, 0.25) is 5.02 Å². The standard InChI is InChI=1S/C14H16ClNO3/c1-9-11-8-10(15)4-5-12(11)19-13(9)14(18)16-6-2-3-7-17/h4-5,8,17H,2-3,6-7H2,1H3,(H,16,18). The highest BCUT2D eigenvalue weighted by molar-refractivity contribution is 6.31. The van der Waals surface area contributed by atoms with Gasteiger partial charge in [0.25, 0.3) is 5.91 Å². The zero-order chi connectivity index (χ0) is 13.8. The molecule has 0 spiro atoms. The van der Waals surface area contributed by atoms with Crippen molar-refractivity contribution in [1.29, 1.82) is 0 Å². The summed E-state index contributed by atoms with van der Waals surface area (Å²) in [5.41, 5.74) is 1.44. The minimum absolute atomic E-state index is 0.137. The van der Waals surface area contributed by atoms with Crippen molar-refractivity contribution < 1.29 is 14.3 Å². The molecule has 0 aliphatic rings. The zero-order valence-corrected chi connectivity index (χ0v) is 11.5. The van der Waals surface area contributed by atoms with E-state index in [9.17, 15) is 4.79 Å². The fourth-order valence-corrected chi connectivity index (χ4v) is 2.10. The van der Waals surface area contributed by atoms with Crippen LogP contribution in [0, 0.1) is 6.92 Å². The highest BCUT2D eigenvalue weighted by Crippen LogP contribution is 2.27. The van der Waals surface area contributed by atoms with Crippen LogP contribution in [-0.4, -0.2) is 24.2 Å². The molecule has 4 nitrogen and oxygen atoms in total. The van der Waals surface area contributed by atoms with Crippen LogP contribution in [-0.2, 0) is 0 Å². The Morgan fingerprint density at radius 2 is 2.21 bits per heavy atom. The Balaban J connectivity index is 2.16. The second-order valence-corrected chi connectivity index (χ2v) is 4.82. The average molecular weight is 282 g/mol. The SMILES string of the molecule is Cc1c(C(=O)NCCCCO)oc2ccc(Cl)cc12. The van der Waals surface area contributed by atoms with Gasteiger partial charge < -0.3 is 14.8 Å². The Labute approximate surface area is 116 Å². The van der Waals surface area contributed by atoms with E-state index in [-0.39, 0.29) is 12.5 Å². The summed E-state index contributed by atoms with van der Waals surface area (Å²) in [6, 6.07) is 5.28. The maximum absolute atomic E-state index is 12.0. The molecular formula is C14H16ClNO3. The van der Waals surface area contributed by atoms with Gasteiger partial charge in [-0.3, -0.25) is 4.79 Å². The molecule has 2 rings (SSSR count). The number of unbranched alkanes of at least 4 members (excludes halogenated alkanes) is 1. The van der Waals surface area contributed by atoms with Gasteiger partial charge in [0.05, 0.1) is 0 Å². The Bertz CT molecular complexity index is 592. The zero-order valence-electron chi connectivity index (χ0n) is 10.7. The van der Waals surface area contributed by atoms with Crippen LogP contribution in [0.3, 0.4) is 0 Å². The van der Waals surface area contributed by atoms with Crippen molar-refractivity contribution in [2.24, 2.45) is 0 Å². The third-order valence-corrected chi connectivity index (χ3v) is 3.21. The number of halogens is 1. The maximum atomic E-state index is 12.0. The first-order valence-electron chi connectivity index (χ1n) is 6.21. The number of furan rings is 1. The first-order chi connectivity index (χ1) is 9.13. The quantitative estimate of drug-likeness (QED) is 0.829. The molecule has 102 valence electrons. The second-order valence-electron chi connectivity index (χ2n) is 4.38. The van der Waals surface area contributed by atoms with Crippen molar-refractivity contribution in [3.05, 3.63) is 34.5 Å². The largest absolute Gasteiger partial charge is 0.451 e. The summed E-state index contributed by atoms with van der Waals surface area (Å²) in [5, 5.41) is 12.9.